The van der Waals surface area contributed by atoms with Gasteiger partial charge in [0.1, 0.15) is 17.2 Å². The molecule has 1 aromatic carbocycles. The van der Waals surface area contributed by atoms with Crippen LogP contribution in [0.15, 0.2) is 41.4 Å². The van der Waals surface area contributed by atoms with Crippen LogP contribution in [-0.2, 0) is 20.7 Å². The number of ketones is 2. The summed E-state index contributed by atoms with van der Waals surface area (Å²) in [6, 6.07) is 1.70. The van der Waals surface area contributed by atoms with E-state index in [1.54, 1.807) is 6.07 Å². The van der Waals surface area contributed by atoms with E-state index in [0.29, 0.717) is 41.2 Å². The summed E-state index contributed by atoms with van der Waals surface area (Å²) in [5, 5.41) is 0.262. The van der Waals surface area contributed by atoms with Gasteiger partial charge in [0.15, 0.2) is 11.6 Å². The zero-order valence-electron chi connectivity index (χ0n) is 21.0. The second kappa shape index (κ2) is 14.0. The van der Waals surface area contributed by atoms with Crippen LogP contribution in [0, 0.1) is 11.7 Å². The van der Waals surface area contributed by atoms with Gasteiger partial charge >= 0.3 is 0 Å². The van der Waals surface area contributed by atoms with Gasteiger partial charge in [0.2, 0.25) is 0 Å². The number of benzene rings is 1. The second-order valence-electron chi connectivity index (χ2n) is 9.09. The maximum atomic E-state index is 15.1. The zero-order valence-corrected chi connectivity index (χ0v) is 23.4. The van der Waals surface area contributed by atoms with Crippen molar-refractivity contribution in [2.24, 2.45) is 5.92 Å². The third-order valence-electron chi connectivity index (χ3n) is 5.73. The SMILES string of the molecule is C=CC(C)=O.C=CC1=C(c2cc(Cl)c(Br)c(F)c2CCC)OC(CCC)(CCC(C)C)CC1=O. The standard InChI is InChI=1S/C24H31BrClFO2.C4H6O/c1-6-9-17-18(13-19(26)21(25)22(17)27)23-16(8-3)20(28)14-24(29-23,11-7-2)12-10-15(4)5;1-3-4(2)5/h8,13,15H,3,6-7,9-12,14H2,1-2,4-5H3;3H,1H2,2H3. The Morgan fingerprint density at radius 2 is 1.91 bits per heavy atom. The van der Waals surface area contributed by atoms with E-state index in [0.717, 1.165) is 32.1 Å². The Balaban J connectivity index is 0.00000104. The van der Waals surface area contributed by atoms with Gasteiger partial charge in [-0.15, -0.1) is 0 Å². The van der Waals surface area contributed by atoms with Gasteiger partial charge in [-0.05, 0) is 66.6 Å². The molecule has 0 aliphatic carbocycles. The summed E-state index contributed by atoms with van der Waals surface area (Å²) in [6.07, 6.45) is 7.84. The smallest absolute Gasteiger partial charge is 0.170 e. The topological polar surface area (TPSA) is 43.4 Å². The molecule has 188 valence electrons. The average molecular weight is 556 g/mol. The van der Waals surface area contributed by atoms with Crippen LogP contribution in [0.5, 0.6) is 0 Å². The van der Waals surface area contributed by atoms with E-state index in [1.807, 2.05) is 6.92 Å². The maximum Gasteiger partial charge on any atom is 0.170 e. The van der Waals surface area contributed by atoms with Crippen molar-refractivity contribution in [3.05, 3.63) is 63.4 Å². The van der Waals surface area contributed by atoms with E-state index in [-0.39, 0.29) is 21.1 Å². The third-order valence-corrected chi connectivity index (χ3v) is 7.03. The van der Waals surface area contributed by atoms with Crippen LogP contribution in [0.1, 0.15) is 84.3 Å². The first-order chi connectivity index (χ1) is 16.0. The highest BCUT2D eigenvalue weighted by atomic mass is 79.9. The highest BCUT2D eigenvalue weighted by Gasteiger charge is 2.41. The molecule has 6 heteroatoms. The third kappa shape index (κ3) is 7.91. The molecular formula is C28H37BrClFO3. The Kier molecular flexibility index (Phi) is 12.5. The van der Waals surface area contributed by atoms with Crippen LogP contribution < -0.4 is 0 Å². The fraction of sp³-hybridized carbons (Fsp3) is 0.500. The highest BCUT2D eigenvalue weighted by Crippen LogP contribution is 2.44. The van der Waals surface area contributed by atoms with Crippen LogP contribution >= 0.6 is 27.5 Å². The Labute approximate surface area is 217 Å². The molecule has 1 heterocycles. The number of ether oxygens (including phenoxy) is 1. The number of carbonyl (C=O) groups is 2. The molecule has 0 N–H and O–H groups in total. The summed E-state index contributed by atoms with van der Waals surface area (Å²) >= 11 is 9.54. The first-order valence-electron chi connectivity index (χ1n) is 11.8. The number of halogens is 3. The number of Topliss-reactive ketones (excluding diaryl/α,β-unsaturated/α-hetero) is 1. The molecule has 0 aromatic heterocycles. The van der Waals surface area contributed by atoms with Crippen LogP contribution in [-0.4, -0.2) is 17.2 Å². The van der Waals surface area contributed by atoms with E-state index in [4.69, 9.17) is 16.3 Å². The van der Waals surface area contributed by atoms with Gasteiger partial charge in [-0.3, -0.25) is 9.59 Å². The fourth-order valence-electron chi connectivity index (χ4n) is 3.97. The molecule has 1 aromatic rings. The fourth-order valence-corrected chi connectivity index (χ4v) is 4.52. The van der Waals surface area contributed by atoms with Crippen molar-refractivity contribution in [2.45, 2.75) is 85.2 Å². The van der Waals surface area contributed by atoms with Gasteiger partial charge in [0.25, 0.3) is 0 Å². The number of hydrogen-bond donors (Lipinski definition) is 0. The van der Waals surface area contributed by atoms with Crippen molar-refractivity contribution in [1.82, 2.24) is 0 Å². The van der Waals surface area contributed by atoms with Crippen molar-refractivity contribution >= 4 is 44.9 Å². The molecule has 1 aliphatic heterocycles. The molecule has 3 nitrogen and oxygen atoms in total. The Hall–Kier alpha value is -1.72. The van der Waals surface area contributed by atoms with E-state index in [1.165, 1.54) is 19.1 Å². The summed E-state index contributed by atoms with van der Waals surface area (Å²) in [4.78, 5) is 22.8. The van der Waals surface area contributed by atoms with E-state index in [9.17, 15) is 9.59 Å². The first kappa shape index (κ1) is 30.3. The van der Waals surface area contributed by atoms with E-state index < -0.39 is 11.4 Å². The van der Waals surface area contributed by atoms with Gasteiger partial charge < -0.3 is 4.74 Å². The normalized spacial score (nSPS) is 17.7. The maximum absolute atomic E-state index is 15.1. The molecule has 0 saturated heterocycles. The Bertz CT molecular complexity index is 951. The average Bonchev–Trinajstić information content (AvgIpc) is 2.78. The molecule has 1 aliphatic rings. The summed E-state index contributed by atoms with van der Waals surface area (Å²) in [5.74, 6) is 0.552. The minimum atomic E-state index is -0.572. The van der Waals surface area contributed by atoms with Gasteiger partial charge in [-0.25, -0.2) is 4.39 Å². The van der Waals surface area contributed by atoms with Crippen LogP contribution in [0.2, 0.25) is 5.02 Å². The minimum Gasteiger partial charge on any atom is -0.485 e. The first-order valence-corrected chi connectivity index (χ1v) is 13.0. The van der Waals surface area contributed by atoms with Gasteiger partial charge in [0.05, 0.1) is 21.5 Å². The monoisotopic (exact) mass is 554 g/mol. The second-order valence-corrected chi connectivity index (χ2v) is 10.3. The van der Waals surface area contributed by atoms with Crippen molar-refractivity contribution in [2.75, 3.05) is 0 Å². The molecule has 0 radical (unpaired) electrons. The summed E-state index contributed by atoms with van der Waals surface area (Å²) in [6.45, 7) is 16.9. The number of carbonyl (C=O) groups excluding carboxylic acids is 2. The highest BCUT2D eigenvalue weighted by molar-refractivity contribution is 9.10. The van der Waals surface area contributed by atoms with Crippen molar-refractivity contribution in [3.63, 3.8) is 0 Å². The number of allylic oxidation sites excluding steroid dienone is 3. The van der Waals surface area contributed by atoms with Crippen molar-refractivity contribution in [3.8, 4) is 0 Å². The molecule has 0 fully saturated rings. The van der Waals surface area contributed by atoms with Gasteiger partial charge in [-0.1, -0.05) is 71.4 Å². The Morgan fingerprint density at radius 1 is 1.29 bits per heavy atom. The zero-order chi connectivity index (χ0) is 26.1. The molecule has 1 atom stereocenters. The molecular weight excluding hydrogens is 519 g/mol. The summed E-state index contributed by atoms with van der Waals surface area (Å²) < 4.78 is 21.9. The molecule has 0 amide bonds. The minimum absolute atomic E-state index is 0.000328. The summed E-state index contributed by atoms with van der Waals surface area (Å²) in [7, 11) is 0. The summed E-state index contributed by atoms with van der Waals surface area (Å²) in [5.41, 5.74) is 0.918. The van der Waals surface area contributed by atoms with Crippen LogP contribution in [0.4, 0.5) is 4.39 Å². The molecule has 0 saturated carbocycles. The quantitative estimate of drug-likeness (QED) is 0.214. The molecule has 0 bridgehead atoms. The predicted octanol–water partition coefficient (Wildman–Crippen LogP) is 8.82. The van der Waals surface area contributed by atoms with E-state index in [2.05, 4.69) is 49.9 Å². The lowest BCUT2D eigenvalue weighted by molar-refractivity contribution is -0.123. The lowest BCUT2D eigenvalue weighted by Crippen LogP contribution is -2.39. The van der Waals surface area contributed by atoms with Gasteiger partial charge in [-0.2, -0.15) is 0 Å². The lowest BCUT2D eigenvalue weighted by Gasteiger charge is -2.40. The largest absolute Gasteiger partial charge is 0.485 e. The lowest BCUT2D eigenvalue weighted by atomic mass is 9.80. The van der Waals surface area contributed by atoms with Gasteiger partial charge in [0, 0.05) is 11.1 Å². The van der Waals surface area contributed by atoms with Crippen molar-refractivity contribution in [1.29, 1.82) is 0 Å². The van der Waals surface area contributed by atoms with Crippen molar-refractivity contribution < 1.29 is 18.7 Å². The molecule has 2 rings (SSSR count). The number of rotatable bonds is 10. The van der Waals surface area contributed by atoms with E-state index >= 15 is 4.39 Å². The Morgan fingerprint density at radius 3 is 2.38 bits per heavy atom. The molecule has 1 unspecified atom stereocenters. The predicted molar refractivity (Wildman–Crippen MR) is 144 cm³/mol. The molecule has 0 spiro atoms. The van der Waals surface area contributed by atoms with Crippen LogP contribution in [0.3, 0.4) is 0 Å². The molecule has 34 heavy (non-hydrogen) atoms. The van der Waals surface area contributed by atoms with Crippen LogP contribution in [0.25, 0.3) is 5.76 Å². The number of hydrogen-bond acceptors (Lipinski definition) is 3.